The van der Waals surface area contributed by atoms with E-state index in [0.717, 1.165) is 22.4 Å². The van der Waals surface area contributed by atoms with Crippen molar-refractivity contribution in [1.82, 2.24) is 5.01 Å². The van der Waals surface area contributed by atoms with Gasteiger partial charge in [-0.05, 0) is 29.8 Å². The Morgan fingerprint density at radius 1 is 0.828 bits per heavy atom. The van der Waals surface area contributed by atoms with Crippen molar-refractivity contribution >= 4 is 52.1 Å². The molecule has 2 aliphatic heterocycles. The van der Waals surface area contributed by atoms with Gasteiger partial charge in [0, 0.05) is 27.6 Å². The summed E-state index contributed by atoms with van der Waals surface area (Å²) < 4.78 is 6.32. The zero-order valence-electron chi connectivity index (χ0n) is 14.9. The fraction of sp³-hybridized carbons (Fsp3) is 0.136. The van der Waals surface area contributed by atoms with Crippen LogP contribution in [0.25, 0.3) is 0 Å². The third-order valence-electron chi connectivity index (χ3n) is 5.14. The van der Waals surface area contributed by atoms with E-state index < -0.39 is 6.23 Å². The zero-order chi connectivity index (χ0) is 20.1. The molecule has 0 fully saturated rings. The SMILES string of the molecule is Clc1ccc([C@H]2Oc3c(Cl)cc(Cl)cc3[C@@H]3CC(c4ccccc4)=NN23)c(Cl)c1. The van der Waals surface area contributed by atoms with Gasteiger partial charge in [-0.25, -0.2) is 5.01 Å². The Morgan fingerprint density at radius 3 is 2.34 bits per heavy atom. The average molecular weight is 464 g/mol. The van der Waals surface area contributed by atoms with Gasteiger partial charge in [-0.3, -0.25) is 0 Å². The molecule has 5 rings (SSSR count). The minimum absolute atomic E-state index is 0.0677. The second kappa shape index (κ2) is 7.41. The zero-order valence-corrected chi connectivity index (χ0v) is 18.0. The molecule has 3 aromatic carbocycles. The first-order valence-corrected chi connectivity index (χ1v) is 10.5. The predicted molar refractivity (Wildman–Crippen MR) is 118 cm³/mol. The van der Waals surface area contributed by atoms with Gasteiger partial charge >= 0.3 is 0 Å². The van der Waals surface area contributed by atoms with E-state index in [1.807, 2.05) is 47.5 Å². The number of hydrogen-bond acceptors (Lipinski definition) is 3. The number of rotatable bonds is 2. The largest absolute Gasteiger partial charge is 0.463 e. The summed E-state index contributed by atoms with van der Waals surface area (Å²) in [6, 6.07) is 18.9. The van der Waals surface area contributed by atoms with Gasteiger partial charge < -0.3 is 4.74 Å². The topological polar surface area (TPSA) is 24.8 Å². The van der Waals surface area contributed by atoms with Gasteiger partial charge in [0.2, 0.25) is 6.23 Å². The summed E-state index contributed by atoms with van der Waals surface area (Å²) in [6.07, 6.45) is 0.177. The van der Waals surface area contributed by atoms with E-state index in [2.05, 4.69) is 0 Å². The summed E-state index contributed by atoms with van der Waals surface area (Å²) >= 11 is 25.4. The maximum atomic E-state index is 6.51. The van der Waals surface area contributed by atoms with Crippen LogP contribution in [0.5, 0.6) is 5.75 Å². The van der Waals surface area contributed by atoms with Gasteiger partial charge in [-0.2, -0.15) is 5.10 Å². The molecule has 146 valence electrons. The van der Waals surface area contributed by atoms with Crippen LogP contribution in [0.3, 0.4) is 0 Å². The molecule has 0 unspecified atom stereocenters. The summed E-state index contributed by atoms with van der Waals surface area (Å²) in [4.78, 5) is 0. The molecular weight excluding hydrogens is 450 g/mol. The Labute approximate surface area is 188 Å². The molecule has 3 aromatic rings. The Bertz CT molecular complexity index is 1130. The van der Waals surface area contributed by atoms with Crippen molar-refractivity contribution < 1.29 is 4.74 Å². The molecule has 0 saturated heterocycles. The normalized spacial score (nSPS) is 20.0. The van der Waals surface area contributed by atoms with Crippen molar-refractivity contribution in [2.45, 2.75) is 18.7 Å². The molecule has 2 aliphatic rings. The lowest BCUT2D eigenvalue weighted by Gasteiger charge is -2.39. The lowest BCUT2D eigenvalue weighted by atomic mass is 9.96. The molecular formula is C22H14Cl4N2O. The van der Waals surface area contributed by atoms with Gasteiger partial charge in [0.1, 0.15) is 5.75 Å². The van der Waals surface area contributed by atoms with E-state index in [-0.39, 0.29) is 6.04 Å². The maximum Gasteiger partial charge on any atom is 0.215 e. The molecule has 0 saturated carbocycles. The first-order valence-electron chi connectivity index (χ1n) is 9.03. The van der Waals surface area contributed by atoms with Crippen LogP contribution in [0, 0.1) is 0 Å². The summed E-state index contributed by atoms with van der Waals surface area (Å²) in [6.45, 7) is 0. The summed E-state index contributed by atoms with van der Waals surface area (Å²) in [5.41, 5.74) is 3.73. The highest BCUT2D eigenvalue weighted by Crippen LogP contribution is 2.51. The van der Waals surface area contributed by atoms with Crippen molar-refractivity contribution in [3.63, 3.8) is 0 Å². The smallest absolute Gasteiger partial charge is 0.215 e. The summed E-state index contributed by atoms with van der Waals surface area (Å²) in [5, 5.41) is 8.95. The molecule has 2 atom stereocenters. The van der Waals surface area contributed by atoms with Crippen LogP contribution < -0.4 is 4.74 Å². The summed E-state index contributed by atoms with van der Waals surface area (Å²) in [7, 11) is 0. The standard InChI is InChI=1S/C22H14Cl4N2O/c23-13-6-7-15(17(25)9-13)22-28-20(11-19(27-28)12-4-2-1-3-5-12)16-8-14(24)10-18(26)21(16)29-22/h1-10,20,22H,11H2/t20-,22+/m0/s1. The Balaban J connectivity index is 1.66. The van der Waals surface area contributed by atoms with Crippen LogP contribution in [0.15, 0.2) is 65.8 Å². The molecule has 0 aromatic heterocycles. The predicted octanol–water partition coefficient (Wildman–Crippen LogP) is 7.54. The van der Waals surface area contributed by atoms with Crippen LogP contribution in [-0.2, 0) is 0 Å². The lowest BCUT2D eigenvalue weighted by Crippen LogP contribution is -2.34. The molecule has 0 N–H and O–H groups in total. The highest BCUT2D eigenvalue weighted by molar-refractivity contribution is 6.36. The molecule has 2 heterocycles. The Hall–Kier alpha value is -1.91. The van der Waals surface area contributed by atoms with Gasteiger partial charge in [-0.15, -0.1) is 0 Å². The van der Waals surface area contributed by atoms with E-state index >= 15 is 0 Å². The highest BCUT2D eigenvalue weighted by atomic mass is 35.5. The second-order valence-corrected chi connectivity index (χ2v) is 8.64. The number of nitrogens with zero attached hydrogens (tertiary/aromatic N) is 2. The number of benzene rings is 3. The van der Waals surface area contributed by atoms with Gasteiger partial charge in [0.05, 0.1) is 21.8 Å². The highest BCUT2D eigenvalue weighted by Gasteiger charge is 2.42. The van der Waals surface area contributed by atoms with Crippen LogP contribution in [-0.4, -0.2) is 10.7 Å². The number of hydrazone groups is 1. The molecule has 3 nitrogen and oxygen atoms in total. The lowest BCUT2D eigenvalue weighted by molar-refractivity contribution is -0.0188. The maximum absolute atomic E-state index is 6.51. The third kappa shape index (κ3) is 3.36. The Kier molecular flexibility index (Phi) is 4.87. The van der Waals surface area contributed by atoms with Gasteiger partial charge in [-0.1, -0.05) is 82.8 Å². The number of halogens is 4. The van der Waals surface area contributed by atoms with Crippen LogP contribution in [0.1, 0.15) is 35.4 Å². The van der Waals surface area contributed by atoms with Crippen molar-refractivity contribution in [2.24, 2.45) is 5.10 Å². The minimum atomic E-state index is -0.530. The van der Waals surface area contributed by atoms with Crippen LogP contribution >= 0.6 is 46.4 Å². The van der Waals surface area contributed by atoms with E-state index in [0.29, 0.717) is 32.3 Å². The van der Waals surface area contributed by atoms with Crippen LogP contribution in [0.2, 0.25) is 20.1 Å². The first-order chi connectivity index (χ1) is 14.0. The van der Waals surface area contributed by atoms with E-state index in [4.69, 9.17) is 56.2 Å². The van der Waals surface area contributed by atoms with Gasteiger partial charge in [0.15, 0.2) is 0 Å². The van der Waals surface area contributed by atoms with E-state index in [1.54, 1.807) is 18.2 Å². The average Bonchev–Trinajstić information content (AvgIpc) is 3.15. The van der Waals surface area contributed by atoms with Crippen molar-refractivity contribution in [3.8, 4) is 5.75 Å². The van der Waals surface area contributed by atoms with Crippen molar-refractivity contribution in [3.05, 3.63) is 97.4 Å². The van der Waals surface area contributed by atoms with Gasteiger partial charge in [0.25, 0.3) is 0 Å². The fourth-order valence-electron chi connectivity index (χ4n) is 3.83. The van der Waals surface area contributed by atoms with Crippen molar-refractivity contribution in [2.75, 3.05) is 0 Å². The minimum Gasteiger partial charge on any atom is -0.463 e. The molecule has 0 bridgehead atoms. The Morgan fingerprint density at radius 2 is 1.59 bits per heavy atom. The van der Waals surface area contributed by atoms with Crippen molar-refractivity contribution in [1.29, 1.82) is 0 Å². The fourth-order valence-corrected chi connectivity index (χ4v) is 4.88. The van der Waals surface area contributed by atoms with Crippen LogP contribution in [0.4, 0.5) is 0 Å². The molecule has 0 spiro atoms. The summed E-state index contributed by atoms with van der Waals surface area (Å²) in [5.74, 6) is 0.609. The molecule has 7 heteroatoms. The number of ether oxygens (including phenoxy) is 1. The monoisotopic (exact) mass is 462 g/mol. The number of hydrogen-bond donors (Lipinski definition) is 0. The molecule has 0 aliphatic carbocycles. The molecule has 29 heavy (non-hydrogen) atoms. The molecule has 0 amide bonds. The first kappa shape index (κ1) is 19.1. The second-order valence-electron chi connectivity index (χ2n) is 6.95. The molecule has 0 radical (unpaired) electrons. The van der Waals surface area contributed by atoms with E-state index in [9.17, 15) is 0 Å². The number of fused-ring (bicyclic) bond motifs is 3. The third-order valence-corrected chi connectivity index (χ3v) is 6.21. The van der Waals surface area contributed by atoms with E-state index in [1.165, 1.54) is 0 Å². The quantitative estimate of drug-likeness (QED) is 0.392.